The maximum atomic E-state index is 12.4. The molecule has 0 aliphatic rings. The van der Waals surface area contributed by atoms with Gasteiger partial charge < -0.3 is 4.74 Å². The SMILES string of the molecule is COC(=O)Nc1ccc(S(=O)(=O)NCCC(C)n2nc(C)cc2C)cc1. The molecule has 0 bridgehead atoms. The number of sulfonamides is 1. The van der Waals surface area contributed by atoms with Crippen molar-refractivity contribution in [3.8, 4) is 0 Å². The lowest BCUT2D eigenvalue weighted by Crippen LogP contribution is -2.26. The molecule has 8 nitrogen and oxygen atoms in total. The van der Waals surface area contributed by atoms with Gasteiger partial charge in [0.25, 0.3) is 0 Å². The number of benzene rings is 1. The minimum absolute atomic E-state index is 0.0815. The van der Waals surface area contributed by atoms with Crippen molar-refractivity contribution in [1.82, 2.24) is 14.5 Å². The highest BCUT2D eigenvalue weighted by molar-refractivity contribution is 7.89. The number of nitrogens with zero attached hydrogens (tertiary/aromatic N) is 2. The van der Waals surface area contributed by atoms with Gasteiger partial charge in [0.2, 0.25) is 10.0 Å². The molecule has 0 saturated heterocycles. The fourth-order valence-corrected chi connectivity index (χ4v) is 3.63. The van der Waals surface area contributed by atoms with Crippen LogP contribution in [0.25, 0.3) is 0 Å². The minimum Gasteiger partial charge on any atom is -0.453 e. The number of hydrogen-bond donors (Lipinski definition) is 2. The maximum Gasteiger partial charge on any atom is 0.411 e. The zero-order valence-electron chi connectivity index (χ0n) is 15.3. The number of amides is 1. The van der Waals surface area contributed by atoms with Crippen molar-refractivity contribution >= 4 is 21.8 Å². The standard InChI is InChI=1S/C17H24N4O4S/c1-12-11-14(3)21(20-12)13(2)9-10-18-26(23,24)16-7-5-15(6-8-16)19-17(22)25-4/h5-8,11,13,18H,9-10H2,1-4H3,(H,19,22). The molecule has 1 amide bonds. The number of carbonyl (C=O) groups excluding carboxylic acids is 1. The van der Waals surface area contributed by atoms with E-state index in [0.717, 1.165) is 11.4 Å². The summed E-state index contributed by atoms with van der Waals surface area (Å²) in [6.45, 7) is 6.20. The molecular weight excluding hydrogens is 356 g/mol. The van der Waals surface area contributed by atoms with Crippen molar-refractivity contribution in [2.24, 2.45) is 0 Å². The Morgan fingerprint density at radius 3 is 2.46 bits per heavy atom. The summed E-state index contributed by atoms with van der Waals surface area (Å²) in [5.41, 5.74) is 2.44. The van der Waals surface area contributed by atoms with Gasteiger partial charge >= 0.3 is 6.09 Å². The first kappa shape index (κ1) is 19.9. The van der Waals surface area contributed by atoms with Crippen LogP contribution in [0.5, 0.6) is 0 Å². The van der Waals surface area contributed by atoms with Crippen LogP contribution < -0.4 is 10.0 Å². The highest BCUT2D eigenvalue weighted by Gasteiger charge is 2.15. The number of carbonyl (C=O) groups is 1. The van der Waals surface area contributed by atoms with Crippen LogP contribution in [0.2, 0.25) is 0 Å². The lowest BCUT2D eigenvalue weighted by atomic mass is 10.2. The van der Waals surface area contributed by atoms with Crippen LogP contribution in [0.3, 0.4) is 0 Å². The molecule has 2 aromatic rings. The Hall–Kier alpha value is -2.39. The van der Waals surface area contributed by atoms with Crippen molar-refractivity contribution in [1.29, 1.82) is 0 Å². The van der Waals surface area contributed by atoms with Crippen LogP contribution in [0.4, 0.5) is 10.5 Å². The Kier molecular flexibility index (Phi) is 6.38. The molecule has 2 rings (SSSR count). The Morgan fingerprint density at radius 1 is 1.27 bits per heavy atom. The summed E-state index contributed by atoms with van der Waals surface area (Å²) in [5.74, 6) is 0. The van der Waals surface area contributed by atoms with Gasteiger partial charge in [-0.1, -0.05) is 0 Å². The van der Waals surface area contributed by atoms with Crippen molar-refractivity contribution in [3.63, 3.8) is 0 Å². The number of ether oxygens (including phenoxy) is 1. The number of anilines is 1. The van der Waals surface area contributed by atoms with Gasteiger partial charge in [-0.2, -0.15) is 5.10 Å². The van der Waals surface area contributed by atoms with Crippen molar-refractivity contribution in [2.45, 2.75) is 38.1 Å². The largest absolute Gasteiger partial charge is 0.453 e. The van der Waals surface area contributed by atoms with Crippen molar-refractivity contribution < 1.29 is 17.9 Å². The Balaban J connectivity index is 1.94. The van der Waals surface area contributed by atoms with Crippen LogP contribution in [0.15, 0.2) is 35.2 Å². The number of methoxy groups -OCH3 is 1. The van der Waals surface area contributed by atoms with E-state index in [1.165, 1.54) is 31.4 Å². The summed E-state index contributed by atoms with van der Waals surface area (Å²) in [6, 6.07) is 7.94. The lowest BCUT2D eigenvalue weighted by Gasteiger charge is -2.15. The number of nitrogens with one attached hydrogen (secondary N) is 2. The van der Waals surface area contributed by atoms with Crippen molar-refractivity contribution in [2.75, 3.05) is 19.0 Å². The number of aryl methyl sites for hydroxylation is 2. The number of hydrogen-bond acceptors (Lipinski definition) is 5. The second-order valence-electron chi connectivity index (χ2n) is 6.05. The fraction of sp³-hybridized carbons (Fsp3) is 0.412. The Bertz CT molecular complexity index is 859. The van der Waals surface area contributed by atoms with Gasteiger partial charge in [-0.15, -0.1) is 0 Å². The molecule has 9 heteroatoms. The van der Waals surface area contributed by atoms with E-state index in [1.54, 1.807) is 0 Å². The van der Waals surface area contributed by atoms with Crippen LogP contribution in [0.1, 0.15) is 30.8 Å². The van der Waals surface area contributed by atoms with E-state index in [2.05, 4.69) is 19.9 Å². The zero-order valence-corrected chi connectivity index (χ0v) is 16.1. The molecule has 2 N–H and O–H groups in total. The first-order valence-electron chi connectivity index (χ1n) is 8.20. The van der Waals surface area contributed by atoms with E-state index in [9.17, 15) is 13.2 Å². The van der Waals surface area contributed by atoms with Gasteiger partial charge in [0, 0.05) is 17.9 Å². The van der Waals surface area contributed by atoms with Gasteiger partial charge in [0.05, 0.1) is 23.7 Å². The Morgan fingerprint density at radius 2 is 1.92 bits per heavy atom. The van der Waals surface area contributed by atoms with Gasteiger partial charge in [-0.3, -0.25) is 10.00 Å². The van der Waals surface area contributed by atoms with E-state index in [-0.39, 0.29) is 10.9 Å². The molecule has 142 valence electrons. The summed E-state index contributed by atoms with van der Waals surface area (Å²) in [4.78, 5) is 11.3. The minimum atomic E-state index is -3.62. The second kappa shape index (κ2) is 8.33. The molecule has 0 radical (unpaired) electrons. The smallest absolute Gasteiger partial charge is 0.411 e. The summed E-state index contributed by atoms with van der Waals surface area (Å²) in [7, 11) is -2.36. The predicted molar refractivity (Wildman–Crippen MR) is 98.7 cm³/mol. The second-order valence-corrected chi connectivity index (χ2v) is 7.82. The summed E-state index contributed by atoms with van der Waals surface area (Å²) < 4.78 is 33.7. The normalized spacial score (nSPS) is 12.6. The third-order valence-corrected chi connectivity index (χ3v) is 5.39. The molecule has 1 unspecified atom stereocenters. The molecule has 1 aromatic heterocycles. The molecule has 0 aliphatic carbocycles. The predicted octanol–water partition coefficient (Wildman–Crippen LogP) is 2.61. The highest BCUT2D eigenvalue weighted by Crippen LogP contribution is 2.16. The van der Waals surface area contributed by atoms with Crippen LogP contribution in [-0.2, 0) is 14.8 Å². The van der Waals surface area contributed by atoms with Gasteiger partial charge in [0.1, 0.15) is 0 Å². The fourth-order valence-electron chi connectivity index (χ4n) is 2.59. The van der Waals surface area contributed by atoms with Gasteiger partial charge in [0.15, 0.2) is 0 Å². The quantitative estimate of drug-likeness (QED) is 0.769. The summed E-state index contributed by atoms with van der Waals surface area (Å²) >= 11 is 0. The molecular formula is C17H24N4O4S. The molecule has 0 saturated carbocycles. The number of aromatic nitrogens is 2. The van der Waals surface area contributed by atoms with E-state index < -0.39 is 16.1 Å². The lowest BCUT2D eigenvalue weighted by molar-refractivity contribution is 0.187. The van der Waals surface area contributed by atoms with Crippen molar-refractivity contribution in [3.05, 3.63) is 41.7 Å². The monoisotopic (exact) mass is 380 g/mol. The zero-order chi connectivity index (χ0) is 19.3. The topological polar surface area (TPSA) is 102 Å². The average molecular weight is 380 g/mol. The van der Waals surface area contributed by atoms with Crippen LogP contribution in [-0.4, -0.2) is 37.9 Å². The van der Waals surface area contributed by atoms with Crippen LogP contribution >= 0.6 is 0 Å². The summed E-state index contributed by atoms with van der Waals surface area (Å²) in [5, 5.41) is 6.89. The number of rotatable bonds is 7. The molecule has 26 heavy (non-hydrogen) atoms. The van der Waals surface area contributed by atoms with E-state index in [0.29, 0.717) is 18.7 Å². The van der Waals surface area contributed by atoms with Gasteiger partial charge in [-0.05, 0) is 57.5 Å². The van der Waals surface area contributed by atoms with Crippen LogP contribution in [0, 0.1) is 13.8 Å². The molecule has 1 heterocycles. The molecule has 1 atom stereocenters. The Labute approximate surface area is 153 Å². The maximum absolute atomic E-state index is 12.4. The first-order valence-corrected chi connectivity index (χ1v) is 9.68. The molecule has 0 spiro atoms. The first-order chi connectivity index (χ1) is 12.2. The van der Waals surface area contributed by atoms with E-state index >= 15 is 0 Å². The highest BCUT2D eigenvalue weighted by atomic mass is 32.2. The van der Waals surface area contributed by atoms with Gasteiger partial charge in [-0.25, -0.2) is 17.9 Å². The molecule has 0 fully saturated rings. The average Bonchev–Trinajstić information content (AvgIpc) is 2.93. The molecule has 1 aromatic carbocycles. The third kappa shape index (κ3) is 5.06. The third-order valence-electron chi connectivity index (χ3n) is 3.91. The summed E-state index contributed by atoms with van der Waals surface area (Å²) in [6.07, 6.45) is 0.000248. The van der Waals surface area contributed by atoms with E-state index in [1.807, 2.05) is 31.5 Å². The molecule has 0 aliphatic heterocycles. The van der Waals surface area contributed by atoms with E-state index in [4.69, 9.17) is 0 Å².